The summed E-state index contributed by atoms with van der Waals surface area (Å²) in [6, 6.07) is 10.1. The maximum atomic E-state index is 11.7. The van der Waals surface area contributed by atoms with Crippen molar-refractivity contribution in [3.05, 3.63) is 41.6 Å². The van der Waals surface area contributed by atoms with Gasteiger partial charge in [-0.15, -0.1) is 0 Å². The van der Waals surface area contributed by atoms with E-state index >= 15 is 0 Å². The number of fused-ring (bicyclic) bond motifs is 1. The summed E-state index contributed by atoms with van der Waals surface area (Å²) < 4.78 is 0. The van der Waals surface area contributed by atoms with Gasteiger partial charge in [0.1, 0.15) is 5.82 Å². The zero-order chi connectivity index (χ0) is 17.2. The maximum absolute atomic E-state index is 11.7. The van der Waals surface area contributed by atoms with Gasteiger partial charge in [0.05, 0.1) is 11.6 Å². The smallest absolute Gasteiger partial charge is 0.222 e. The first-order valence-corrected chi connectivity index (χ1v) is 8.92. The van der Waals surface area contributed by atoms with Crippen LogP contribution in [0.25, 0.3) is 11.4 Å². The summed E-state index contributed by atoms with van der Waals surface area (Å²) in [6.45, 7) is 3.26. The van der Waals surface area contributed by atoms with Crippen LogP contribution in [-0.2, 0) is 17.8 Å². The van der Waals surface area contributed by atoms with Crippen molar-refractivity contribution in [2.75, 3.05) is 24.5 Å². The minimum Gasteiger partial charge on any atom is -0.369 e. The molecule has 6 heteroatoms. The van der Waals surface area contributed by atoms with Crippen molar-refractivity contribution in [3.63, 3.8) is 0 Å². The number of nitrogens with one attached hydrogen (secondary N) is 1. The number of piperidine rings is 1. The number of primary amides is 1. The Morgan fingerprint density at radius 1 is 1.24 bits per heavy atom. The first-order valence-electron chi connectivity index (χ1n) is 8.92. The van der Waals surface area contributed by atoms with Crippen molar-refractivity contribution in [3.8, 4) is 11.4 Å². The lowest BCUT2D eigenvalue weighted by Gasteiger charge is -2.34. The SMILES string of the molecule is NC(=O)[C@H]1CCCN(c2nc(-c3ccccc3)nc3c2CCNC3)C1. The number of aromatic nitrogens is 2. The Hall–Kier alpha value is -2.47. The van der Waals surface area contributed by atoms with Crippen molar-refractivity contribution in [2.24, 2.45) is 11.7 Å². The fourth-order valence-electron chi connectivity index (χ4n) is 3.72. The highest BCUT2D eigenvalue weighted by molar-refractivity contribution is 5.77. The van der Waals surface area contributed by atoms with Gasteiger partial charge < -0.3 is 16.0 Å². The molecule has 1 fully saturated rings. The molecule has 130 valence electrons. The Labute approximate surface area is 147 Å². The van der Waals surface area contributed by atoms with Crippen LogP contribution in [0.15, 0.2) is 30.3 Å². The molecule has 25 heavy (non-hydrogen) atoms. The van der Waals surface area contributed by atoms with Crippen molar-refractivity contribution >= 4 is 11.7 Å². The Balaban J connectivity index is 1.76. The lowest BCUT2D eigenvalue weighted by atomic mass is 9.96. The third kappa shape index (κ3) is 3.22. The van der Waals surface area contributed by atoms with E-state index < -0.39 is 0 Å². The van der Waals surface area contributed by atoms with Crippen molar-refractivity contribution in [1.82, 2.24) is 15.3 Å². The average molecular weight is 337 g/mol. The molecule has 1 saturated heterocycles. The quantitative estimate of drug-likeness (QED) is 0.886. The molecule has 2 aromatic rings. The Bertz CT molecular complexity index is 777. The summed E-state index contributed by atoms with van der Waals surface area (Å²) in [7, 11) is 0. The summed E-state index contributed by atoms with van der Waals surface area (Å²) in [5.41, 5.74) is 8.85. The number of anilines is 1. The molecular formula is C19H23N5O. The van der Waals surface area contributed by atoms with Gasteiger partial charge in [-0.3, -0.25) is 4.79 Å². The highest BCUT2D eigenvalue weighted by Gasteiger charge is 2.28. The topological polar surface area (TPSA) is 84.1 Å². The van der Waals surface area contributed by atoms with Gasteiger partial charge in [0.2, 0.25) is 5.91 Å². The van der Waals surface area contributed by atoms with Crippen LogP contribution in [0.1, 0.15) is 24.1 Å². The number of carbonyl (C=O) groups excluding carboxylic acids is 1. The van der Waals surface area contributed by atoms with Crippen LogP contribution in [0.3, 0.4) is 0 Å². The summed E-state index contributed by atoms with van der Waals surface area (Å²) in [6.07, 6.45) is 2.75. The number of amides is 1. The Morgan fingerprint density at radius 3 is 2.88 bits per heavy atom. The molecule has 0 saturated carbocycles. The fraction of sp³-hybridized carbons (Fsp3) is 0.421. The number of nitrogens with zero attached hydrogens (tertiary/aromatic N) is 3. The molecule has 1 aromatic heterocycles. The lowest BCUT2D eigenvalue weighted by Crippen LogP contribution is -2.42. The van der Waals surface area contributed by atoms with E-state index in [9.17, 15) is 4.79 Å². The third-order valence-corrected chi connectivity index (χ3v) is 5.07. The summed E-state index contributed by atoms with van der Waals surface area (Å²) in [4.78, 5) is 23.6. The van der Waals surface area contributed by atoms with E-state index in [2.05, 4.69) is 10.2 Å². The standard InChI is InChI=1S/C19H23N5O/c20-17(25)14-7-4-10-24(12-14)19-15-8-9-21-11-16(15)22-18(23-19)13-5-2-1-3-6-13/h1-3,5-6,14,21H,4,7-12H2,(H2,20,25)/t14-/m0/s1. The van der Waals surface area contributed by atoms with Crippen LogP contribution in [0.4, 0.5) is 5.82 Å². The Kier molecular flexibility index (Phi) is 4.36. The van der Waals surface area contributed by atoms with Crippen molar-refractivity contribution in [2.45, 2.75) is 25.8 Å². The molecule has 2 aliphatic heterocycles. The molecule has 3 N–H and O–H groups in total. The number of benzene rings is 1. The molecule has 0 radical (unpaired) electrons. The molecule has 6 nitrogen and oxygen atoms in total. The van der Waals surface area contributed by atoms with E-state index in [1.807, 2.05) is 30.3 Å². The van der Waals surface area contributed by atoms with Crippen molar-refractivity contribution < 1.29 is 4.79 Å². The lowest BCUT2D eigenvalue weighted by molar-refractivity contribution is -0.122. The molecule has 0 unspecified atom stereocenters. The molecule has 1 amide bonds. The molecule has 1 aromatic carbocycles. The van der Waals surface area contributed by atoms with Gasteiger partial charge >= 0.3 is 0 Å². The van der Waals surface area contributed by atoms with Gasteiger partial charge in [0, 0.05) is 30.8 Å². The summed E-state index contributed by atoms with van der Waals surface area (Å²) in [5.74, 6) is 1.43. The predicted octanol–water partition coefficient (Wildman–Crippen LogP) is 1.49. The van der Waals surface area contributed by atoms with E-state index in [0.717, 1.165) is 61.8 Å². The van der Waals surface area contributed by atoms with Crippen LogP contribution in [0.5, 0.6) is 0 Å². The number of carbonyl (C=O) groups is 1. The van der Waals surface area contributed by atoms with Gasteiger partial charge in [-0.05, 0) is 25.8 Å². The molecule has 0 aliphatic carbocycles. The Morgan fingerprint density at radius 2 is 2.08 bits per heavy atom. The van der Waals surface area contributed by atoms with Crippen LogP contribution < -0.4 is 16.0 Å². The molecule has 0 bridgehead atoms. The second-order valence-corrected chi connectivity index (χ2v) is 6.78. The van der Waals surface area contributed by atoms with E-state index in [0.29, 0.717) is 6.54 Å². The molecule has 3 heterocycles. The van der Waals surface area contributed by atoms with Crippen LogP contribution >= 0.6 is 0 Å². The van der Waals surface area contributed by atoms with Gasteiger partial charge in [0.25, 0.3) is 0 Å². The van der Waals surface area contributed by atoms with Crippen LogP contribution in [-0.4, -0.2) is 35.5 Å². The second-order valence-electron chi connectivity index (χ2n) is 6.78. The summed E-state index contributed by atoms with van der Waals surface area (Å²) in [5, 5.41) is 3.39. The van der Waals surface area contributed by atoms with E-state index in [-0.39, 0.29) is 11.8 Å². The predicted molar refractivity (Wildman–Crippen MR) is 97.0 cm³/mol. The first kappa shape index (κ1) is 16.0. The number of hydrogen-bond donors (Lipinski definition) is 2. The highest BCUT2D eigenvalue weighted by Crippen LogP contribution is 2.30. The van der Waals surface area contributed by atoms with Gasteiger partial charge in [-0.25, -0.2) is 9.97 Å². The van der Waals surface area contributed by atoms with Gasteiger partial charge in [-0.1, -0.05) is 30.3 Å². The zero-order valence-electron chi connectivity index (χ0n) is 14.2. The van der Waals surface area contributed by atoms with Crippen LogP contribution in [0.2, 0.25) is 0 Å². The average Bonchev–Trinajstić information content (AvgIpc) is 2.68. The fourth-order valence-corrected chi connectivity index (χ4v) is 3.72. The second kappa shape index (κ2) is 6.80. The van der Waals surface area contributed by atoms with Crippen molar-refractivity contribution in [1.29, 1.82) is 0 Å². The maximum Gasteiger partial charge on any atom is 0.222 e. The van der Waals surface area contributed by atoms with E-state index in [1.165, 1.54) is 5.56 Å². The van der Waals surface area contributed by atoms with Gasteiger partial charge in [0.15, 0.2) is 5.82 Å². The third-order valence-electron chi connectivity index (χ3n) is 5.07. The summed E-state index contributed by atoms with van der Waals surface area (Å²) >= 11 is 0. The normalized spacial score (nSPS) is 20.2. The molecule has 2 aliphatic rings. The number of rotatable bonds is 3. The minimum atomic E-state index is -0.211. The monoisotopic (exact) mass is 337 g/mol. The number of hydrogen-bond acceptors (Lipinski definition) is 5. The molecule has 4 rings (SSSR count). The van der Waals surface area contributed by atoms with Crippen LogP contribution in [0, 0.1) is 5.92 Å². The van der Waals surface area contributed by atoms with Gasteiger partial charge in [-0.2, -0.15) is 0 Å². The van der Waals surface area contributed by atoms with E-state index in [4.69, 9.17) is 15.7 Å². The molecular weight excluding hydrogens is 314 g/mol. The zero-order valence-corrected chi connectivity index (χ0v) is 14.2. The number of nitrogens with two attached hydrogens (primary N) is 1. The highest BCUT2D eigenvalue weighted by atomic mass is 16.1. The minimum absolute atomic E-state index is 0.0961. The molecule has 0 spiro atoms. The largest absolute Gasteiger partial charge is 0.369 e. The van der Waals surface area contributed by atoms with E-state index in [1.54, 1.807) is 0 Å². The molecule has 1 atom stereocenters. The first-order chi connectivity index (χ1) is 12.2.